The zero-order valence-corrected chi connectivity index (χ0v) is 11.1. The van der Waals surface area contributed by atoms with Crippen LogP contribution in [0.4, 0.5) is 0 Å². The topological polar surface area (TPSA) is 33.7 Å². The first kappa shape index (κ1) is 13.9. The van der Waals surface area contributed by atoms with Gasteiger partial charge in [-0.05, 0) is 25.9 Å². The standard InChI is InChI=1S/C12H26N2O2/c1-12(2,9-14(3)4)8-13-7-11-5-6-15-10-16-11/h11,13H,5-10H2,1-4H3. The average Bonchev–Trinajstić information content (AvgIpc) is 2.16. The molecule has 1 unspecified atom stereocenters. The molecule has 1 heterocycles. The Morgan fingerprint density at radius 3 is 2.69 bits per heavy atom. The van der Waals surface area contributed by atoms with E-state index in [4.69, 9.17) is 9.47 Å². The second-order valence-corrected chi connectivity index (χ2v) is 5.64. The lowest BCUT2D eigenvalue weighted by Gasteiger charge is -2.30. The van der Waals surface area contributed by atoms with Gasteiger partial charge in [0.15, 0.2) is 0 Å². The van der Waals surface area contributed by atoms with E-state index in [9.17, 15) is 0 Å². The third-order valence-electron chi connectivity index (χ3n) is 2.69. The minimum atomic E-state index is 0.300. The van der Waals surface area contributed by atoms with Gasteiger partial charge in [0.2, 0.25) is 0 Å². The molecule has 4 nitrogen and oxygen atoms in total. The first-order valence-corrected chi connectivity index (χ1v) is 6.04. The third-order valence-corrected chi connectivity index (χ3v) is 2.69. The van der Waals surface area contributed by atoms with Crippen LogP contribution in [0.3, 0.4) is 0 Å². The van der Waals surface area contributed by atoms with Crippen LogP contribution in [0.1, 0.15) is 20.3 Å². The molecule has 1 N–H and O–H groups in total. The van der Waals surface area contributed by atoms with Gasteiger partial charge in [-0.3, -0.25) is 0 Å². The SMILES string of the molecule is CN(C)CC(C)(C)CNCC1CCOCO1. The Morgan fingerprint density at radius 1 is 1.38 bits per heavy atom. The van der Waals surface area contributed by atoms with Crippen LogP contribution in [0.5, 0.6) is 0 Å². The molecule has 0 aromatic heterocycles. The van der Waals surface area contributed by atoms with Crippen LogP contribution in [-0.2, 0) is 9.47 Å². The molecule has 0 aliphatic carbocycles. The minimum absolute atomic E-state index is 0.300. The summed E-state index contributed by atoms with van der Waals surface area (Å²) in [6, 6.07) is 0. The predicted octanol–water partition coefficient (Wildman–Crippen LogP) is 0.927. The van der Waals surface area contributed by atoms with Crippen molar-refractivity contribution in [3.05, 3.63) is 0 Å². The molecule has 4 heteroatoms. The highest BCUT2D eigenvalue weighted by Gasteiger charge is 2.20. The van der Waals surface area contributed by atoms with Gasteiger partial charge >= 0.3 is 0 Å². The molecule has 0 aromatic rings. The molecular weight excluding hydrogens is 204 g/mol. The molecule has 0 bridgehead atoms. The molecule has 1 saturated heterocycles. The summed E-state index contributed by atoms with van der Waals surface area (Å²) in [5.41, 5.74) is 0.300. The largest absolute Gasteiger partial charge is 0.355 e. The number of nitrogens with zero attached hydrogens (tertiary/aromatic N) is 1. The monoisotopic (exact) mass is 230 g/mol. The Labute approximate surface area is 99.3 Å². The van der Waals surface area contributed by atoms with Crippen molar-refractivity contribution < 1.29 is 9.47 Å². The first-order valence-electron chi connectivity index (χ1n) is 6.04. The molecule has 1 atom stereocenters. The highest BCUT2D eigenvalue weighted by molar-refractivity contribution is 4.75. The molecule has 1 aliphatic rings. The second-order valence-electron chi connectivity index (χ2n) is 5.64. The molecule has 0 saturated carbocycles. The van der Waals surface area contributed by atoms with Crippen LogP contribution in [-0.4, -0.2) is 58.1 Å². The fraction of sp³-hybridized carbons (Fsp3) is 1.00. The van der Waals surface area contributed by atoms with Crippen LogP contribution < -0.4 is 5.32 Å². The van der Waals surface area contributed by atoms with E-state index < -0.39 is 0 Å². The number of ether oxygens (including phenoxy) is 2. The Morgan fingerprint density at radius 2 is 2.12 bits per heavy atom. The van der Waals surface area contributed by atoms with E-state index in [0.717, 1.165) is 32.7 Å². The molecule has 1 fully saturated rings. The van der Waals surface area contributed by atoms with E-state index >= 15 is 0 Å². The Hall–Kier alpha value is -0.160. The number of hydrogen-bond donors (Lipinski definition) is 1. The van der Waals surface area contributed by atoms with Gasteiger partial charge in [0.1, 0.15) is 6.79 Å². The first-order chi connectivity index (χ1) is 7.49. The van der Waals surface area contributed by atoms with Gasteiger partial charge in [0, 0.05) is 19.6 Å². The summed E-state index contributed by atoms with van der Waals surface area (Å²) in [5, 5.41) is 3.49. The number of rotatable bonds is 6. The van der Waals surface area contributed by atoms with Crippen molar-refractivity contribution in [1.82, 2.24) is 10.2 Å². The van der Waals surface area contributed by atoms with Crippen LogP contribution in [0.25, 0.3) is 0 Å². The Bertz CT molecular complexity index is 189. The van der Waals surface area contributed by atoms with Crippen LogP contribution >= 0.6 is 0 Å². The van der Waals surface area contributed by atoms with Gasteiger partial charge in [-0.1, -0.05) is 13.8 Å². The van der Waals surface area contributed by atoms with E-state index in [1.54, 1.807) is 0 Å². The summed E-state index contributed by atoms with van der Waals surface area (Å²) in [7, 11) is 4.23. The van der Waals surface area contributed by atoms with Crippen molar-refractivity contribution in [2.24, 2.45) is 5.41 Å². The quantitative estimate of drug-likeness (QED) is 0.736. The third kappa shape index (κ3) is 5.80. The highest BCUT2D eigenvalue weighted by Crippen LogP contribution is 2.14. The van der Waals surface area contributed by atoms with Gasteiger partial charge in [0.05, 0.1) is 12.7 Å². The maximum Gasteiger partial charge on any atom is 0.147 e. The maximum absolute atomic E-state index is 5.48. The second kappa shape index (κ2) is 6.55. The van der Waals surface area contributed by atoms with Crippen LogP contribution in [0.2, 0.25) is 0 Å². The highest BCUT2D eigenvalue weighted by atomic mass is 16.7. The maximum atomic E-state index is 5.48. The van der Waals surface area contributed by atoms with Crippen molar-refractivity contribution in [1.29, 1.82) is 0 Å². The summed E-state index contributed by atoms with van der Waals surface area (Å²) in [5.74, 6) is 0. The normalized spacial score (nSPS) is 22.7. The van der Waals surface area contributed by atoms with Gasteiger partial charge in [0.25, 0.3) is 0 Å². The molecule has 16 heavy (non-hydrogen) atoms. The van der Waals surface area contributed by atoms with Crippen molar-refractivity contribution >= 4 is 0 Å². The van der Waals surface area contributed by atoms with Crippen molar-refractivity contribution in [2.45, 2.75) is 26.4 Å². The summed E-state index contributed by atoms with van der Waals surface area (Å²) >= 11 is 0. The fourth-order valence-electron chi connectivity index (χ4n) is 2.15. The lowest BCUT2D eigenvalue weighted by molar-refractivity contribution is -0.137. The lowest BCUT2D eigenvalue weighted by Crippen LogP contribution is -2.41. The lowest BCUT2D eigenvalue weighted by atomic mass is 9.93. The minimum Gasteiger partial charge on any atom is -0.355 e. The summed E-state index contributed by atoms with van der Waals surface area (Å²) < 4.78 is 10.6. The molecule has 0 radical (unpaired) electrons. The molecule has 0 amide bonds. The summed E-state index contributed by atoms with van der Waals surface area (Å²) in [6.45, 7) is 8.89. The van der Waals surface area contributed by atoms with Gasteiger partial charge in [-0.15, -0.1) is 0 Å². The van der Waals surface area contributed by atoms with E-state index in [1.807, 2.05) is 0 Å². The number of nitrogens with one attached hydrogen (secondary N) is 1. The van der Waals surface area contributed by atoms with Crippen molar-refractivity contribution in [2.75, 3.05) is 47.1 Å². The van der Waals surface area contributed by atoms with E-state index in [0.29, 0.717) is 18.3 Å². The van der Waals surface area contributed by atoms with E-state index in [-0.39, 0.29) is 0 Å². The van der Waals surface area contributed by atoms with Gasteiger partial charge in [-0.2, -0.15) is 0 Å². The summed E-state index contributed by atoms with van der Waals surface area (Å²) in [4.78, 5) is 2.23. The predicted molar refractivity (Wildman–Crippen MR) is 65.5 cm³/mol. The molecule has 96 valence electrons. The zero-order valence-electron chi connectivity index (χ0n) is 11.1. The van der Waals surface area contributed by atoms with E-state index in [2.05, 4.69) is 38.2 Å². The van der Waals surface area contributed by atoms with Gasteiger partial charge in [-0.25, -0.2) is 0 Å². The molecule has 0 spiro atoms. The Kier molecular flexibility index (Phi) is 5.69. The zero-order chi connectivity index (χ0) is 12.0. The summed E-state index contributed by atoms with van der Waals surface area (Å²) in [6.07, 6.45) is 1.32. The van der Waals surface area contributed by atoms with Gasteiger partial charge < -0.3 is 19.7 Å². The smallest absolute Gasteiger partial charge is 0.147 e. The molecule has 1 aliphatic heterocycles. The van der Waals surface area contributed by atoms with Crippen molar-refractivity contribution in [3.8, 4) is 0 Å². The number of hydrogen-bond acceptors (Lipinski definition) is 4. The van der Waals surface area contributed by atoms with E-state index in [1.165, 1.54) is 0 Å². The average molecular weight is 230 g/mol. The van der Waals surface area contributed by atoms with Crippen LogP contribution in [0, 0.1) is 5.41 Å². The molecule has 1 rings (SSSR count). The molecule has 0 aromatic carbocycles. The molecular formula is C12H26N2O2. The Balaban J connectivity index is 2.13. The van der Waals surface area contributed by atoms with Crippen LogP contribution in [0.15, 0.2) is 0 Å². The van der Waals surface area contributed by atoms with Crippen molar-refractivity contribution in [3.63, 3.8) is 0 Å². The fourth-order valence-corrected chi connectivity index (χ4v) is 2.15.